The SMILES string of the molecule is CC(CC#N)N(C)CC(CBr)C(C)(C)C. The fourth-order valence-corrected chi connectivity index (χ4v) is 2.55. The third kappa shape index (κ3) is 5.53. The first-order valence-corrected chi connectivity index (χ1v) is 6.58. The van der Waals surface area contributed by atoms with Gasteiger partial charge in [0.1, 0.15) is 0 Å². The third-order valence-corrected chi connectivity index (χ3v) is 3.84. The van der Waals surface area contributed by atoms with Crippen molar-refractivity contribution >= 4 is 15.9 Å². The van der Waals surface area contributed by atoms with Crippen molar-refractivity contribution in [1.29, 1.82) is 5.26 Å². The topological polar surface area (TPSA) is 27.0 Å². The Morgan fingerprint density at radius 3 is 2.27 bits per heavy atom. The van der Waals surface area contributed by atoms with Crippen molar-refractivity contribution in [3.8, 4) is 6.07 Å². The molecule has 0 aliphatic rings. The van der Waals surface area contributed by atoms with Gasteiger partial charge < -0.3 is 4.90 Å². The van der Waals surface area contributed by atoms with Crippen molar-refractivity contribution in [2.45, 2.75) is 40.2 Å². The summed E-state index contributed by atoms with van der Waals surface area (Å²) in [6, 6.07) is 2.57. The summed E-state index contributed by atoms with van der Waals surface area (Å²) in [6.07, 6.45) is 0.607. The second-order valence-electron chi connectivity index (χ2n) is 5.37. The molecule has 0 amide bonds. The predicted molar refractivity (Wildman–Crippen MR) is 69.1 cm³/mol. The van der Waals surface area contributed by atoms with Crippen LogP contribution in [0.4, 0.5) is 0 Å². The summed E-state index contributed by atoms with van der Waals surface area (Å²) in [4.78, 5) is 2.28. The second kappa shape index (κ2) is 6.50. The van der Waals surface area contributed by atoms with Crippen molar-refractivity contribution in [3.63, 3.8) is 0 Å². The molecule has 0 aliphatic heterocycles. The minimum atomic E-state index is 0.310. The number of hydrogen-bond acceptors (Lipinski definition) is 2. The summed E-state index contributed by atoms with van der Waals surface area (Å²) in [5, 5.41) is 9.66. The summed E-state index contributed by atoms with van der Waals surface area (Å²) in [5.41, 5.74) is 0.310. The van der Waals surface area contributed by atoms with Crippen molar-refractivity contribution < 1.29 is 0 Å². The minimum absolute atomic E-state index is 0.310. The summed E-state index contributed by atoms with van der Waals surface area (Å²) < 4.78 is 0. The molecule has 0 heterocycles. The Hall–Kier alpha value is -0.0700. The highest BCUT2D eigenvalue weighted by atomic mass is 79.9. The Labute approximate surface area is 103 Å². The van der Waals surface area contributed by atoms with E-state index in [0.29, 0.717) is 23.8 Å². The van der Waals surface area contributed by atoms with Crippen molar-refractivity contribution in [2.75, 3.05) is 18.9 Å². The highest BCUT2D eigenvalue weighted by molar-refractivity contribution is 9.09. The van der Waals surface area contributed by atoms with Crippen LogP contribution in [0.2, 0.25) is 0 Å². The van der Waals surface area contributed by atoms with Gasteiger partial charge in [-0.1, -0.05) is 36.7 Å². The normalized spacial score (nSPS) is 16.1. The first-order chi connectivity index (χ1) is 6.82. The monoisotopic (exact) mass is 274 g/mol. The lowest BCUT2D eigenvalue weighted by atomic mass is 9.81. The zero-order chi connectivity index (χ0) is 12.1. The van der Waals surface area contributed by atoms with Crippen LogP contribution in [-0.4, -0.2) is 29.9 Å². The van der Waals surface area contributed by atoms with Crippen LogP contribution in [0.5, 0.6) is 0 Å². The molecule has 15 heavy (non-hydrogen) atoms. The van der Waals surface area contributed by atoms with Gasteiger partial charge in [-0.2, -0.15) is 5.26 Å². The molecule has 0 spiro atoms. The van der Waals surface area contributed by atoms with E-state index in [0.717, 1.165) is 11.9 Å². The highest BCUT2D eigenvalue weighted by Gasteiger charge is 2.25. The van der Waals surface area contributed by atoms with Gasteiger partial charge in [-0.25, -0.2) is 0 Å². The number of alkyl halides is 1. The number of nitriles is 1. The molecule has 0 aliphatic carbocycles. The molecule has 0 rings (SSSR count). The molecule has 0 saturated carbocycles. The van der Waals surface area contributed by atoms with E-state index in [1.807, 2.05) is 0 Å². The average molecular weight is 275 g/mol. The van der Waals surface area contributed by atoms with Crippen LogP contribution in [0.25, 0.3) is 0 Å². The predicted octanol–water partition coefficient (Wildman–Crippen LogP) is 3.28. The van der Waals surface area contributed by atoms with Gasteiger partial charge >= 0.3 is 0 Å². The Morgan fingerprint density at radius 2 is 1.93 bits per heavy atom. The van der Waals surface area contributed by atoms with E-state index in [2.05, 4.69) is 61.6 Å². The van der Waals surface area contributed by atoms with E-state index in [-0.39, 0.29) is 0 Å². The van der Waals surface area contributed by atoms with E-state index in [1.165, 1.54) is 0 Å². The zero-order valence-electron chi connectivity index (χ0n) is 10.5. The lowest BCUT2D eigenvalue weighted by Gasteiger charge is -2.34. The molecule has 0 aromatic carbocycles. The first kappa shape index (κ1) is 14.9. The Morgan fingerprint density at radius 1 is 1.40 bits per heavy atom. The minimum Gasteiger partial charge on any atom is -0.302 e. The largest absolute Gasteiger partial charge is 0.302 e. The summed E-state index contributed by atoms with van der Waals surface area (Å²) >= 11 is 3.58. The van der Waals surface area contributed by atoms with Gasteiger partial charge in [-0.15, -0.1) is 0 Å². The fraction of sp³-hybridized carbons (Fsp3) is 0.917. The lowest BCUT2D eigenvalue weighted by Crippen LogP contribution is -2.38. The lowest BCUT2D eigenvalue weighted by molar-refractivity contribution is 0.159. The smallest absolute Gasteiger partial charge is 0.0638 e. The highest BCUT2D eigenvalue weighted by Crippen LogP contribution is 2.28. The molecule has 0 radical (unpaired) electrons. The molecule has 0 fully saturated rings. The van der Waals surface area contributed by atoms with E-state index in [9.17, 15) is 0 Å². The molecule has 3 heteroatoms. The standard InChI is InChI=1S/C12H23BrN2/c1-10(6-7-14)15(5)9-11(8-13)12(2,3)4/h10-11H,6,8-9H2,1-5H3. The molecular formula is C12H23BrN2. The quantitative estimate of drug-likeness (QED) is 0.720. The summed E-state index contributed by atoms with van der Waals surface area (Å²) in [7, 11) is 2.10. The van der Waals surface area contributed by atoms with E-state index < -0.39 is 0 Å². The fourth-order valence-electron chi connectivity index (χ4n) is 1.37. The molecule has 0 aromatic heterocycles. The van der Waals surface area contributed by atoms with Crippen LogP contribution >= 0.6 is 15.9 Å². The van der Waals surface area contributed by atoms with Gasteiger partial charge in [0.25, 0.3) is 0 Å². The number of halogens is 1. The van der Waals surface area contributed by atoms with E-state index in [4.69, 9.17) is 5.26 Å². The average Bonchev–Trinajstić information content (AvgIpc) is 2.12. The number of nitrogens with zero attached hydrogens (tertiary/aromatic N) is 2. The molecule has 0 saturated heterocycles. The second-order valence-corrected chi connectivity index (χ2v) is 6.02. The Bertz CT molecular complexity index is 215. The summed E-state index contributed by atoms with van der Waals surface area (Å²) in [6.45, 7) is 9.94. The Balaban J connectivity index is 4.25. The number of rotatable bonds is 5. The molecule has 2 unspecified atom stereocenters. The van der Waals surface area contributed by atoms with Gasteiger partial charge in [-0.05, 0) is 25.3 Å². The first-order valence-electron chi connectivity index (χ1n) is 5.46. The van der Waals surface area contributed by atoms with Gasteiger partial charge in [-0.3, -0.25) is 0 Å². The van der Waals surface area contributed by atoms with Crippen LogP contribution in [-0.2, 0) is 0 Å². The van der Waals surface area contributed by atoms with Crippen LogP contribution in [0.15, 0.2) is 0 Å². The van der Waals surface area contributed by atoms with Gasteiger partial charge in [0.05, 0.1) is 12.5 Å². The molecule has 88 valence electrons. The molecule has 0 aromatic rings. The van der Waals surface area contributed by atoms with Gasteiger partial charge in [0.15, 0.2) is 0 Å². The van der Waals surface area contributed by atoms with Crippen LogP contribution in [0, 0.1) is 22.7 Å². The molecule has 2 nitrogen and oxygen atoms in total. The number of hydrogen-bond donors (Lipinski definition) is 0. The maximum absolute atomic E-state index is 8.65. The zero-order valence-corrected chi connectivity index (χ0v) is 12.1. The van der Waals surface area contributed by atoms with Gasteiger partial charge in [0, 0.05) is 17.9 Å². The van der Waals surface area contributed by atoms with Crippen LogP contribution in [0.3, 0.4) is 0 Å². The van der Waals surface area contributed by atoms with Gasteiger partial charge in [0.2, 0.25) is 0 Å². The van der Waals surface area contributed by atoms with Crippen molar-refractivity contribution in [2.24, 2.45) is 11.3 Å². The van der Waals surface area contributed by atoms with Crippen LogP contribution in [0.1, 0.15) is 34.1 Å². The maximum atomic E-state index is 8.65. The van der Waals surface area contributed by atoms with E-state index >= 15 is 0 Å². The molecule has 0 N–H and O–H groups in total. The Kier molecular flexibility index (Phi) is 6.47. The third-order valence-electron chi connectivity index (χ3n) is 3.06. The van der Waals surface area contributed by atoms with E-state index in [1.54, 1.807) is 0 Å². The van der Waals surface area contributed by atoms with Crippen LogP contribution < -0.4 is 0 Å². The summed E-state index contributed by atoms with van der Waals surface area (Å²) in [5.74, 6) is 0.614. The van der Waals surface area contributed by atoms with Crippen molar-refractivity contribution in [3.05, 3.63) is 0 Å². The molecule has 2 atom stereocenters. The maximum Gasteiger partial charge on any atom is 0.0638 e. The van der Waals surface area contributed by atoms with Crippen molar-refractivity contribution in [1.82, 2.24) is 4.90 Å². The molecule has 0 bridgehead atoms. The molecular weight excluding hydrogens is 252 g/mol.